The number of likely N-dealkylation sites (N-methyl/N-ethyl adjacent to an activating group) is 1. The Morgan fingerprint density at radius 2 is 1.81 bits per heavy atom. The molecular weight excluding hydrogens is 274 g/mol. The van der Waals surface area contributed by atoms with Crippen molar-refractivity contribution in [2.24, 2.45) is 0 Å². The van der Waals surface area contributed by atoms with Gasteiger partial charge in [0.2, 0.25) is 5.91 Å². The molecule has 118 valence electrons. The molecule has 3 amide bonds. The van der Waals surface area contributed by atoms with Crippen LogP contribution in [0.4, 0.5) is 4.79 Å². The van der Waals surface area contributed by atoms with Crippen molar-refractivity contribution in [2.45, 2.75) is 44.1 Å². The van der Waals surface area contributed by atoms with E-state index in [4.69, 9.17) is 5.11 Å². The second kappa shape index (κ2) is 6.32. The number of nitrogens with one attached hydrogen (secondary N) is 1. The minimum Gasteiger partial charge on any atom is -0.481 e. The molecular formula is C14H23N3O4. The highest BCUT2D eigenvalue weighted by Gasteiger charge is 2.41. The highest BCUT2D eigenvalue weighted by molar-refractivity contribution is 5.84. The van der Waals surface area contributed by atoms with E-state index in [1.165, 1.54) is 4.90 Å². The molecule has 0 spiro atoms. The topological polar surface area (TPSA) is 90.0 Å². The summed E-state index contributed by atoms with van der Waals surface area (Å²) in [5, 5.41) is 11.7. The van der Waals surface area contributed by atoms with E-state index in [1.54, 1.807) is 11.9 Å². The summed E-state index contributed by atoms with van der Waals surface area (Å²) in [6, 6.07) is -0.372. The van der Waals surface area contributed by atoms with Gasteiger partial charge >= 0.3 is 12.0 Å². The van der Waals surface area contributed by atoms with Crippen LogP contribution in [-0.4, -0.2) is 65.0 Å². The number of aliphatic carboxylic acids is 1. The maximum absolute atomic E-state index is 12.1. The summed E-state index contributed by atoms with van der Waals surface area (Å²) < 4.78 is 0. The Balaban J connectivity index is 1.84. The number of rotatable bonds is 5. The third-order valence-corrected chi connectivity index (χ3v) is 4.35. The van der Waals surface area contributed by atoms with Crippen LogP contribution in [0.15, 0.2) is 0 Å². The number of urea groups is 1. The molecule has 7 heteroatoms. The van der Waals surface area contributed by atoms with Crippen LogP contribution >= 0.6 is 0 Å². The SMILES string of the molecule is CN(CC(=O)N1CCCC1)C(=O)NC1(CC(=O)O)CCC1. The van der Waals surface area contributed by atoms with Gasteiger partial charge in [-0.1, -0.05) is 0 Å². The zero-order valence-corrected chi connectivity index (χ0v) is 12.4. The van der Waals surface area contributed by atoms with Crippen LogP contribution in [0.3, 0.4) is 0 Å². The fourth-order valence-corrected chi connectivity index (χ4v) is 2.90. The Hall–Kier alpha value is -1.79. The van der Waals surface area contributed by atoms with Crippen molar-refractivity contribution in [2.75, 3.05) is 26.7 Å². The van der Waals surface area contributed by atoms with E-state index in [1.807, 2.05) is 0 Å². The molecule has 0 aromatic heterocycles. The van der Waals surface area contributed by atoms with Crippen LogP contribution in [0.25, 0.3) is 0 Å². The summed E-state index contributed by atoms with van der Waals surface area (Å²) in [6.07, 6.45) is 4.25. The van der Waals surface area contributed by atoms with Gasteiger partial charge in [0.25, 0.3) is 0 Å². The van der Waals surface area contributed by atoms with Crippen molar-refractivity contribution in [3.63, 3.8) is 0 Å². The first-order chi connectivity index (χ1) is 9.92. The Kier molecular flexibility index (Phi) is 4.69. The quantitative estimate of drug-likeness (QED) is 0.779. The first-order valence-electron chi connectivity index (χ1n) is 7.45. The summed E-state index contributed by atoms with van der Waals surface area (Å²) in [4.78, 5) is 38.1. The summed E-state index contributed by atoms with van der Waals surface area (Å²) in [5.74, 6) is -0.961. The zero-order chi connectivity index (χ0) is 15.5. The van der Waals surface area contributed by atoms with Crippen LogP contribution in [0.5, 0.6) is 0 Å². The van der Waals surface area contributed by atoms with Gasteiger partial charge < -0.3 is 20.2 Å². The van der Waals surface area contributed by atoms with Crippen molar-refractivity contribution in [1.82, 2.24) is 15.1 Å². The molecule has 0 bridgehead atoms. The predicted octanol–water partition coefficient (Wildman–Crippen LogP) is 0.648. The van der Waals surface area contributed by atoms with Gasteiger partial charge in [0.1, 0.15) is 6.54 Å². The summed E-state index contributed by atoms with van der Waals surface area (Å²) in [6.45, 7) is 1.56. The molecule has 1 aliphatic carbocycles. The number of carboxylic acid groups (broad SMARTS) is 1. The van der Waals surface area contributed by atoms with E-state index in [-0.39, 0.29) is 24.9 Å². The Morgan fingerprint density at radius 1 is 1.19 bits per heavy atom. The lowest BCUT2D eigenvalue weighted by atomic mass is 9.74. The molecule has 2 rings (SSSR count). The molecule has 2 aliphatic rings. The second-order valence-electron chi connectivity index (χ2n) is 6.08. The van der Waals surface area contributed by atoms with Gasteiger partial charge in [-0.3, -0.25) is 9.59 Å². The molecule has 0 radical (unpaired) electrons. The number of amides is 3. The number of hydrogen-bond donors (Lipinski definition) is 2. The minimum absolute atomic E-state index is 0.0367. The van der Waals surface area contributed by atoms with Crippen LogP contribution in [0.2, 0.25) is 0 Å². The highest BCUT2D eigenvalue weighted by atomic mass is 16.4. The lowest BCUT2D eigenvalue weighted by Crippen LogP contribution is -2.58. The third kappa shape index (κ3) is 3.86. The maximum Gasteiger partial charge on any atom is 0.318 e. The van der Waals surface area contributed by atoms with Gasteiger partial charge in [-0.2, -0.15) is 0 Å². The van der Waals surface area contributed by atoms with E-state index >= 15 is 0 Å². The van der Waals surface area contributed by atoms with Gasteiger partial charge in [0.05, 0.1) is 12.0 Å². The minimum atomic E-state index is -0.911. The first kappa shape index (κ1) is 15.6. The van der Waals surface area contributed by atoms with Crippen molar-refractivity contribution in [3.8, 4) is 0 Å². The van der Waals surface area contributed by atoms with Crippen molar-refractivity contribution >= 4 is 17.9 Å². The third-order valence-electron chi connectivity index (χ3n) is 4.35. The maximum atomic E-state index is 12.1. The van der Waals surface area contributed by atoms with Gasteiger partial charge in [-0.05, 0) is 32.1 Å². The fourth-order valence-electron chi connectivity index (χ4n) is 2.90. The van der Waals surface area contributed by atoms with Gasteiger partial charge in [0, 0.05) is 20.1 Å². The molecule has 2 fully saturated rings. The summed E-state index contributed by atoms with van der Waals surface area (Å²) >= 11 is 0. The monoisotopic (exact) mass is 297 g/mol. The Labute approximate surface area is 124 Å². The van der Waals surface area contributed by atoms with Crippen molar-refractivity contribution < 1.29 is 19.5 Å². The summed E-state index contributed by atoms with van der Waals surface area (Å²) in [5.41, 5.74) is -0.631. The normalized spacial score (nSPS) is 19.8. The van der Waals surface area contributed by atoms with E-state index in [2.05, 4.69) is 5.32 Å². The van der Waals surface area contributed by atoms with Crippen molar-refractivity contribution in [3.05, 3.63) is 0 Å². The average Bonchev–Trinajstić information content (AvgIpc) is 2.89. The lowest BCUT2D eigenvalue weighted by Gasteiger charge is -2.42. The smallest absolute Gasteiger partial charge is 0.318 e. The number of likely N-dealkylation sites (tertiary alicyclic amines) is 1. The molecule has 21 heavy (non-hydrogen) atoms. The van der Waals surface area contributed by atoms with E-state index in [9.17, 15) is 14.4 Å². The van der Waals surface area contributed by atoms with Crippen LogP contribution in [0.1, 0.15) is 38.5 Å². The molecule has 1 heterocycles. The fraction of sp³-hybridized carbons (Fsp3) is 0.786. The standard InChI is InChI=1S/C14H23N3O4/c1-16(10-11(18)17-7-2-3-8-17)13(21)15-14(5-4-6-14)9-12(19)20/h2-10H2,1H3,(H,15,21)(H,19,20). The van der Waals surface area contributed by atoms with E-state index in [0.717, 1.165) is 32.4 Å². The Morgan fingerprint density at radius 3 is 2.29 bits per heavy atom. The molecule has 1 saturated heterocycles. The highest BCUT2D eigenvalue weighted by Crippen LogP contribution is 2.35. The molecule has 1 aliphatic heterocycles. The van der Waals surface area contributed by atoms with Crippen molar-refractivity contribution in [1.29, 1.82) is 0 Å². The molecule has 0 unspecified atom stereocenters. The lowest BCUT2D eigenvalue weighted by molar-refractivity contribution is -0.139. The first-order valence-corrected chi connectivity index (χ1v) is 7.45. The van der Waals surface area contributed by atoms with Crippen LogP contribution in [-0.2, 0) is 9.59 Å². The van der Waals surface area contributed by atoms with Crippen LogP contribution in [0, 0.1) is 0 Å². The van der Waals surface area contributed by atoms with E-state index in [0.29, 0.717) is 12.8 Å². The Bertz CT molecular complexity index is 428. The molecule has 7 nitrogen and oxygen atoms in total. The number of carbonyl (C=O) groups is 3. The number of carboxylic acids is 1. The average molecular weight is 297 g/mol. The van der Waals surface area contributed by atoms with Crippen LogP contribution < -0.4 is 5.32 Å². The van der Waals surface area contributed by atoms with Gasteiger partial charge in [0.15, 0.2) is 0 Å². The largest absolute Gasteiger partial charge is 0.481 e. The molecule has 2 N–H and O–H groups in total. The number of nitrogens with zero attached hydrogens (tertiary/aromatic N) is 2. The molecule has 0 aromatic carbocycles. The number of carbonyl (C=O) groups excluding carboxylic acids is 2. The number of hydrogen-bond acceptors (Lipinski definition) is 3. The zero-order valence-electron chi connectivity index (χ0n) is 12.4. The summed E-state index contributed by atoms with van der Waals surface area (Å²) in [7, 11) is 1.57. The second-order valence-corrected chi connectivity index (χ2v) is 6.08. The molecule has 1 saturated carbocycles. The van der Waals surface area contributed by atoms with Gasteiger partial charge in [-0.15, -0.1) is 0 Å². The van der Waals surface area contributed by atoms with Gasteiger partial charge in [-0.25, -0.2) is 4.79 Å². The van der Waals surface area contributed by atoms with E-state index < -0.39 is 11.5 Å². The molecule has 0 aromatic rings. The predicted molar refractivity (Wildman–Crippen MR) is 75.8 cm³/mol. The molecule has 0 atom stereocenters.